The molecule has 1 N–H and O–H groups in total. The molecule has 1 aromatic heterocycles. The van der Waals surface area contributed by atoms with Gasteiger partial charge in [0.15, 0.2) is 5.76 Å². The number of rotatable bonds is 7. The van der Waals surface area contributed by atoms with Gasteiger partial charge in [-0.1, -0.05) is 35.5 Å². The van der Waals surface area contributed by atoms with E-state index in [0.29, 0.717) is 11.5 Å². The summed E-state index contributed by atoms with van der Waals surface area (Å²) in [7, 11) is -1.90. The van der Waals surface area contributed by atoms with Gasteiger partial charge in [0.2, 0.25) is 10.0 Å². The van der Waals surface area contributed by atoms with Gasteiger partial charge in [-0.25, -0.2) is 13.1 Å². The minimum Gasteiger partial charge on any atom is -0.384 e. The lowest BCUT2D eigenvalue weighted by Gasteiger charge is -2.03. The third-order valence-corrected chi connectivity index (χ3v) is 3.94. The normalized spacial score (nSPS) is 11.7. The van der Waals surface area contributed by atoms with Crippen LogP contribution in [0.2, 0.25) is 0 Å². The summed E-state index contributed by atoms with van der Waals surface area (Å²) in [5.74, 6) is 0.383. The molecular weight excluding hydrogens is 280 g/mol. The lowest BCUT2D eigenvalue weighted by Crippen LogP contribution is -2.27. The second-order valence-corrected chi connectivity index (χ2v) is 6.10. The lowest BCUT2D eigenvalue weighted by molar-refractivity contribution is 0.217. The number of nitrogens with zero attached hydrogens (tertiary/aromatic N) is 1. The first-order valence-electron chi connectivity index (χ1n) is 6.08. The summed E-state index contributed by atoms with van der Waals surface area (Å²) in [6.07, 6.45) is 0. The van der Waals surface area contributed by atoms with Crippen molar-refractivity contribution in [1.29, 1.82) is 0 Å². The SMILES string of the molecule is COCCS(=O)(=O)NCc1cc(-c2ccccc2)no1. The van der Waals surface area contributed by atoms with Crippen LogP contribution in [-0.2, 0) is 21.3 Å². The first kappa shape index (κ1) is 14.7. The zero-order chi connectivity index (χ0) is 14.4. The minimum atomic E-state index is -3.36. The number of aromatic nitrogens is 1. The Hall–Kier alpha value is -1.70. The number of hydrogen-bond donors (Lipinski definition) is 1. The quantitative estimate of drug-likeness (QED) is 0.835. The maximum absolute atomic E-state index is 11.6. The number of methoxy groups -OCH3 is 1. The van der Waals surface area contributed by atoms with E-state index >= 15 is 0 Å². The predicted octanol–water partition coefficient (Wildman–Crippen LogP) is 1.41. The summed E-state index contributed by atoms with van der Waals surface area (Å²) in [5.41, 5.74) is 1.60. The van der Waals surface area contributed by atoms with E-state index in [1.54, 1.807) is 6.07 Å². The highest BCUT2D eigenvalue weighted by molar-refractivity contribution is 7.89. The molecule has 7 heteroatoms. The molecule has 0 unspecified atom stereocenters. The van der Waals surface area contributed by atoms with Gasteiger partial charge in [0, 0.05) is 18.7 Å². The van der Waals surface area contributed by atoms with Crippen LogP contribution in [0.5, 0.6) is 0 Å². The van der Waals surface area contributed by atoms with Gasteiger partial charge in [-0.2, -0.15) is 0 Å². The van der Waals surface area contributed by atoms with Crippen molar-refractivity contribution in [2.45, 2.75) is 6.54 Å². The van der Waals surface area contributed by atoms with Crippen LogP contribution in [0.3, 0.4) is 0 Å². The lowest BCUT2D eigenvalue weighted by atomic mass is 10.1. The van der Waals surface area contributed by atoms with E-state index < -0.39 is 10.0 Å². The van der Waals surface area contributed by atoms with Crippen molar-refractivity contribution in [3.63, 3.8) is 0 Å². The van der Waals surface area contributed by atoms with Crippen molar-refractivity contribution in [3.05, 3.63) is 42.2 Å². The topological polar surface area (TPSA) is 81.4 Å². The first-order valence-corrected chi connectivity index (χ1v) is 7.73. The fourth-order valence-electron chi connectivity index (χ4n) is 1.59. The van der Waals surface area contributed by atoms with Gasteiger partial charge in [0.1, 0.15) is 5.69 Å². The standard InChI is InChI=1S/C13H16N2O4S/c1-18-7-8-20(16,17)14-10-12-9-13(15-19-12)11-5-3-2-4-6-11/h2-6,9,14H,7-8,10H2,1H3. The summed E-state index contributed by atoms with van der Waals surface area (Å²) in [5, 5.41) is 3.91. The molecule has 2 rings (SSSR count). The molecule has 0 radical (unpaired) electrons. The minimum absolute atomic E-state index is 0.0753. The molecule has 0 saturated heterocycles. The monoisotopic (exact) mass is 296 g/mol. The molecule has 0 aliphatic carbocycles. The van der Waals surface area contributed by atoms with Crippen LogP contribution >= 0.6 is 0 Å². The molecule has 6 nitrogen and oxygen atoms in total. The van der Waals surface area contributed by atoms with Crippen molar-refractivity contribution in [2.24, 2.45) is 0 Å². The molecule has 0 aliphatic heterocycles. The Kier molecular flexibility index (Phi) is 4.89. The fourth-order valence-corrected chi connectivity index (χ4v) is 2.48. The molecule has 1 aromatic carbocycles. The van der Waals surface area contributed by atoms with Crippen LogP contribution in [0, 0.1) is 0 Å². The number of sulfonamides is 1. The summed E-state index contributed by atoms with van der Waals surface area (Å²) in [4.78, 5) is 0. The van der Waals surface area contributed by atoms with Crippen LogP contribution in [0.25, 0.3) is 11.3 Å². The highest BCUT2D eigenvalue weighted by atomic mass is 32.2. The Morgan fingerprint density at radius 1 is 1.30 bits per heavy atom. The molecule has 0 amide bonds. The maximum atomic E-state index is 11.6. The zero-order valence-electron chi connectivity index (χ0n) is 11.1. The summed E-state index contributed by atoms with van der Waals surface area (Å²) >= 11 is 0. The van der Waals surface area contributed by atoms with Crippen LogP contribution < -0.4 is 4.72 Å². The Morgan fingerprint density at radius 3 is 2.75 bits per heavy atom. The number of ether oxygens (including phenoxy) is 1. The second-order valence-electron chi connectivity index (χ2n) is 4.18. The Morgan fingerprint density at radius 2 is 2.05 bits per heavy atom. The smallest absolute Gasteiger partial charge is 0.214 e. The van der Waals surface area contributed by atoms with E-state index in [0.717, 1.165) is 5.56 Å². The van der Waals surface area contributed by atoms with Crippen LogP contribution in [0.15, 0.2) is 40.9 Å². The van der Waals surface area contributed by atoms with Gasteiger partial charge in [-0.3, -0.25) is 0 Å². The molecule has 2 aromatic rings. The average molecular weight is 296 g/mol. The van der Waals surface area contributed by atoms with Crippen molar-refractivity contribution in [1.82, 2.24) is 9.88 Å². The van der Waals surface area contributed by atoms with E-state index in [4.69, 9.17) is 9.26 Å². The van der Waals surface area contributed by atoms with E-state index in [2.05, 4.69) is 9.88 Å². The van der Waals surface area contributed by atoms with Gasteiger partial charge < -0.3 is 9.26 Å². The molecule has 0 saturated carbocycles. The third kappa shape index (κ3) is 4.16. The highest BCUT2D eigenvalue weighted by Gasteiger charge is 2.12. The van der Waals surface area contributed by atoms with Gasteiger partial charge in [-0.05, 0) is 0 Å². The van der Waals surface area contributed by atoms with Gasteiger partial charge in [0.25, 0.3) is 0 Å². The van der Waals surface area contributed by atoms with E-state index in [9.17, 15) is 8.42 Å². The van der Waals surface area contributed by atoms with Crippen LogP contribution in [0.4, 0.5) is 0 Å². The second kappa shape index (κ2) is 6.65. The zero-order valence-corrected chi connectivity index (χ0v) is 11.9. The summed E-state index contributed by atoms with van der Waals surface area (Å²) in [6, 6.07) is 11.2. The van der Waals surface area contributed by atoms with Crippen LogP contribution in [-0.4, -0.2) is 33.0 Å². The Bertz CT molecular complexity index is 637. The van der Waals surface area contributed by atoms with E-state index in [-0.39, 0.29) is 18.9 Å². The van der Waals surface area contributed by atoms with Crippen LogP contribution in [0.1, 0.15) is 5.76 Å². The molecule has 20 heavy (non-hydrogen) atoms. The van der Waals surface area contributed by atoms with Crippen molar-refractivity contribution in [2.75, 3.05) is 19.5 Å². The molecule has 1 heterocycles. The van der Waals surface area contributed by atoms with Crippen molar-refractivity contribution in [3.8, 4) is 11.3 Å². The summed E-state index contributed by atoms with van der Waals surface area (Å²) < 4.78 is 35.5. The number of nitrogens with one attached hydrogen (secondary N) is 1. The van der Waals surface area contributed by atoms with E-state index in [1.807, 2.05) is 30.3 Å². The van der Waals surface area contributed by atoms with E-state index in [1.165, 1.54) is 7.11 Å². The molecular formula is C13H16N2O4S. The maximum Gasteiger partial charge on any atom is 0.214 e. The first-order chi connectivity index (χ1) is 9.61. The molecule has 0 fully saturated rings. The average Bonchev–Trinajstić information content (AvgIpc) is 2.93. The van der Waals surface area contributed by atoms with Gasteiger partial charge >= 0.3 is 0 Å². The molecule has 0 bridgehead atoms. The molecule has 108 valence electrons. The van der Waals surface area contributed by atoms with Crippen molar-refractivity contribution >= 4 is 10.0 Å². The molecule has 0 atom stereocenters. The molecule has 0 spiro atoms. The van der Waals surface area contributed by atoms with Gasteiger partial charge in [-0.15, -0.1) is 0 Å². The largest absolute Gasteiger partial charge is 0.384 e. The number of benzene rings is 1. The Balaban J connectivity index is 1.97. The van der Waals surface area contributed by atoms with Gasteiger partial charge in [0.05, 0.1) is 18.9 Å². The summed E-state index contributed by atoms with van der Waals surface area (Å²) in [6.45, 7) is 0.229. The third-order valence-electron chi connectivity index (χ3n) is 2.65. The highest BCUT2D eigenvalue weighted by Crippen LogP contribution is 2.18. The fraction of sp³-hybridized carbons (Fsp3) is 0.308. The predicted molar refractivity (Wildman–Crippen MR) is 74.4 cm³/mol. The Labute approximate surface area is 117 Å². The van der Waals surface area contributed by atoms with Crippen molar-refractivity contribution < 1.29 is 17.7 Å². The number of hydrogen-bond acceptors (Lipinski definition) is 5. The molecule has 0 aliphatic rings.